The third-order valence-electron chi connectivity index (χ3n) is 6.76. The lowest BCUT2D eigenvalue weighted by atomic mass is 9.92. The van der Waals surface area contributed by atoms with Gasteiger partial charge in [-0.1, -0.05) is 12.2 Å². The van der Waals surface area contributed by atoms with E-state index in [4.69, 9.17) is 12.2 Å². The Morgan fingerprint density at radius 1 is 1.20 bits per heavy atom. The standard InChI is InChI=1S/C22H26F3N5O3S3.CH4N2S/c1-30-16(9-15(28-30)19(24)25)21(34)26-12-4-5-17-14(8-12)18(22(35-17)27-20(31)10-2-3-10)36(32,33)29-13-6-11(23)7-13;2-1(3)4/h9-13,19,29H,2-8H2,1H3,(H,26,34)(H,27,31);(H4,2,3,4)/t11-,12-,13-;/m0./s1. The first kappa shape index (κ1) is 30.6. The monoisotopic (exact) mass is 637 g/mol. The molecule has 3 aliphatic rings. The van der Waals surface area contributed by atoms with Crippen LogP contribution in [0.1, 0.15) is 60.4 Å². The number of rotatable bonds is 8. The van der Waals surface area contributed by atoms with Crippen molar-refractivity contribution in [2.24, 2.45) is 24.4 Å². The number of sulfonamides is 1. The number of carbonyl (C=O) groups is 1. The molecule has 0 aromatic carbocycles. The number of hydrogen-bond donors (Lipinski definition) is 5. The van der Waals surface area contributed by atoms with Gasteiger partial charge < -0.3 is 22.1 Å². The van der Waals surface area contributed by atoms with Crippen LogP contribution in [0.25, 0.3) is 0 Å². The molecule has 2 fully saturated rings. The molecule has 0 saturated heterocycles. The summed E-state index contributed by atoms with van der Waals surface area (Å²) < 4.78 is 70.1. The number of carbonyl (C=O) groups excluding carboxylic acids is 1. The number of alkyl halides is 3. The summed E-state index contributed by atoms with van der Waals surface area (Å²) in [5.41, 5.74) is 9.81. The van der Waals surface area contributed by atoms with E-state index in [0.717, 1.165) is 17.7 Å². The zero-order chi connectivity index (χ0) is 29.4. The molecule has 1 atom stereocenters. The molecule has 0 aliphatic heterocycles. The number of thiocarbonyl (C=S) groups is 2. The maximum atomic E-state index is 13.4. The second-order valence-electron chi connectivity index (χ2n) is 10.0. The van der Waals surface area contributed by atoms with Gasteiger partial charge in [0.05, 0.1) is 5.69 Å². The van der Waals surface area contributed by atoms with Crippen LogP contribution in [0.5, 0.6) is 0 Å². The van der Waals surface area contributed by atoms with Crippen LogP contribution in [0, 0.1) is 5.92 Å². The van der Waals surface area contributed by atoms with Crippen LogP contribution in [0.3, 0.4) is 0 Å². The summed E-state index contributed by atoms with van der Waals surface area (Å²) >= 11 is 10.8. The lowest BCUT2D eigenvalue weighted by Crippen LogP contribution is -2.45. The SMILES string of the molecule is Cn1nc(C(F)F)cc1C(=S)N[C@H]1CCc2sc(NC(=O)C3CC3)c(S(=O)(=O)N[C@H]3C[C@H](F)C3)c2C1.NC(N)=S. The highest BCUT2D eigenvalue weighted by Crippen LogP contribution is 2.43. The zero-order valence-corrected chi connectivity index (χ0v) is 24.7. The maximum Gasteiger partial charge on any atom is 0.282 e. The second-order valence-corrected chi connectivity index (χ2v) is 13.6. The molecular weight excluding hydrogens is 608 g/mol. The lowest BCUT2D eigenvalue weighted by Gasteiger charge is -2.30. The van der Waals surface area contributed by atoms with Crippen molar-refractivity contribution in [1.29, 1.82) is 0 Å². The largest absolute Gasteiger partial charge is 0.377 e. The summed E-state index contributed by atoms with van der Waals surface area (Å²) in [6.45, 7) is 0. The highest BCUT2D eigenvalue weighted by molar-refractivity contribution is 7.90. The Morgan fingerprint density at radius 3 is 2.40 bits per heavy atom. The summed E-state index contributed by atoms with van der Waals surface area (Å²) in [4.78, 5) is 13.6. The van der Waals surface area contributed by atoms with Gasteiger partial charge in [0.1, 0.15) is 26.8 Å². The number of aryl methyl sites for hydroxylation is 2. The molecule has 2 aromatic rings. The minimum absolute atomic E-state index is 0.000000000000000222. The van der Waals surface area contributed by atoms with Crippen LogP contribution in [-0.2, 0) is 34.7 Å². The van der Waals surface area contributed by atoms with Crippen LogP contribution in [-0.4, -0.2) is 52.5 Å². The smallest absolute Gasteiger partial charge is 0.282 e. The Balaban J connectivity index is 0.000000867. The third kappa shape index (κ3) is 7.29. The fraction of sp³-hybridized carbons (Fsp3) is 0.565. The van der Waals surface area contributed by atoms with Crippen LogP contribution >= 0.6 is 35.8 Å². The number of nitrogens with one attached hydrogen (secondary N) is 3. The number of nitrogens with zero attached hydrogens (tertiary/aromatic N) is 2. The lowest BCUT2D eigenvalue weighted by molar-refractivity contribution is -0.117. The Bertz CT molecular complexity index is 1400. The summed E-state index contributed by atoms with van der Waals surface area (Å²) in [6, 6.07) is 0.511. The number of nitrogens with two attached hydrogens (primary N) is 2. The Kier molecular flexibility index (Phi) is 9.38. The van der Waals surface area contributed by atoms with E-state index in [1.807, 2.05) is 0 Å². The third-order valence-corrected chi connectivity index (χ3v) is 10.1. The molecular formula is C23H30F3N7O3S4. The minimum Gasteiger partial charge on any atom is -0.377 e. The summed E-state index contributed by atoms with van der Waals surface area (Å²) in [5, 5.41) is 10.1. The molecule has 0 spiro atoms. The number of fused-ring (bicyclic) bond motifs is 1. The number of anilines is 1. The van der Waals surface area contributed by atoms with Crippen LogP contribution in [0.15, 0.2) is 11.0 Å². The van der Waals surface area contributed by atoms with Crippen molar-refractivity contribution >= 4 is 66.8 Å². The van der Waals surface area contributed by atoms with Gasteiger partial charge in [0.25, 0.3) is 6.43 Å². The number of hydrogen-bond acceptors (Lipinski definition) is 7. The number of halogens is 3. The Labute approximate surface area is 244 Å². The predicted octanol–water partition coefficient (Wildman–Crippen LogP) is 2.56. The molecule has 7 N–H and O–H groups in total. The van der Waals surface area contributed by atoms with E-state index in [1.165, 1.54) is 29.1 Å². The van der Waals surface area contributed by atoms with Crippen molar-refractivity contribution < 1.29 is 26.4 Å². The molecule has 0 radical (unpaired) electrons. The molecule has 17 heteroatoms. The molecule has 2 saturated carbocycles. The number of thiophene rings is 1. The molecule has 2 aromatic heterocycles. The van der Waals surface area contributed by atoms with Gasteiger partial charge in [-0.2, -0.15) is 5.10 Å². The predicted molar refractivity (Wildman–Crippen MR) is 154 cm³/mol. The van der Waals surface area contributed by atoms with Crippen molar-refractivity contribution in [3.63, 3.8) is 0 Å². The summed E-state index contributed by atoms with van der Waals surface area (Å²) in [6.07, 6.45) is -0.410. The van der Waals surface area contributed by atoms with Crippen molar-refractivity contribution in [1.82, 2.24) is 19.8 Å². The van der Waals surface area contributed by atoms with E-state index >= 15 is 0 Å². The normalized spacial score (nSPS) is 22.0. The van der Waals surface area contributed by atoms with Gasteiger partial charge >= 0.3 is 0 Å². The van der Waals surface area contributed by atoms with E-state index < -0.39 is 28.7 Å². The molecule has 10 nitrogen and oxygen atoms in total. The average molecular weight is 638 g/mol. The van der Waals surface area contributed by atoms with E-state index in [9.17, 15) is 26.4 Å². The molecule has 220 valence electrons. The van der Waals surface area contributed by atoms with E-state index in [-0.39, 0.29) is 56.4 Å². The van der Waals surface area contributed by atoms with Gasteiger partial charge in [-0.15, -0.1) is 11.3 Å². The van der Waals surface area contributed by atoms with Gasteiger partial charge in [0.15, 0.2) is 5.11 Å². The first-order chi connectivity index (χ1) is 18.7. The Morgan fingerprint density at radius 2 is 1.85 bits per heavy atom. The van der Waals surface area contributed by atoms with Gasteiger partial charge in [-0.05, 0) is 68.8 Å². The first-order valence-electron chi connectivity index (χ1n) is 12.5. The van der Waals surface area contributed by atoms with E-state index in [0.29, 0.717) is 30.5 Å². The fourth-order valence-corrected chi connectivity index (χ4v) is 8.19. The molecule has 0 unspecified atom stereocenters. The van der Waals surface area contributed by atoms with Gasteiger partial charge in [0, 0.05) is 29.9 Å². The van der Waals surface area contributed by atoms with Crippen LogP contribution in [0.4, 0.5) is 18.2 Å². The van der Waals surface area contributed by atoms with Crippen molar-refractivity contribution in [3.05, 3.63) is 27.9 Å². The molecule has 3 aliphatic carbocycles. The molecule has 5 rings (SSSR count). The minimum atomic E-state index is -4.02. The quantitative estimate of drug-likeness (QED) is 0.275. The molecule has 40 heavy (non-hydrogen) atoms. The molecule has 1 amide bonds. The molecule has 0 bridgehead atoms. The van der Waals surface area contributed by atoms with Gasteiger partial charge in [-0.3, -0.25) is 9.48 Å². The number of aromatic nitrogens is 2. The Hall–Kier alpha value is -2.34. The highest BCUT2D eigenvalue weighted by atomic mass is 32.2. The maximum absolute atomic E-state index is 13.4. The summed E-state index contributed by atoms with van der Waals surface area (Å²) in [7, 11) is -2.49. The van der Waals surface area contributed by atoms with Crippen molar-refractivity contribution in [2.75, 3.05) is 5.32 Å². The van der Waals surface area contributed by atoms with E-state index in [1.54, 1.807) is 0 Å². The van der Waals surface area contributed by atoms with Gasteiger partial charge in [-0.25, -0.2) is 26.3 Å². The molecule has 2 heterocycles. The van der Waals surface area contributed by atoms with Crippen LogP contribution in [0.2, 0.25) is 0 Å². The summed E-state index contributed by atoms with van der Waals surface area (Å²) in [5.74, 6) is -0.296. The number of amides is 1. The van der Waals surface area contributed by atoms with Crippen molar-refractivity contribution in [2.45, 2.75) is 74.5 Å². The topological polar surface area (TPSA) is 157 Å². The van der Waals surface area contributed by atoms with Crippen molar-refractivity contribution in [3.8, 4) is 0 Å². The van der Waals surface area contributed by atoms with Crippen LogP contribution < -0.4 is 26.8 Å². The fourth-order valence-electron chi connectivity index (χ4n) is 4.60. The first-order valence-corrected chi connectivity index (χ1v) is 15.7. The van der Waals surface area contributed by atoms with Gasteiger partial charge in [0.2, 0.25) is 15.9 Å². The zero-order valence-electron chi connectivity index (χ0n) is 21.5. The second kappa shape index (κ2) is 12.3. The average Bonchev–Trinajstić information content (AvgIpc) is 3.51. The highest BCUT2D eigenvalue weighted by Gasteiger charge is 2.39. The van der Waals surface area contributed by atoms with E-state index in [2.05, 4.69) is 44.1 Å².